The Kier molecular flexibility index (Phi) is 5.66. The Morgan fingerprint density at radius 2 is 2.00 bits per heavy atom. The van der Waals surface area contributed by atoms with Gasteiger partial charge < -0.3 is 16.0 Å². The van der Waals surface area contributed by atoms with Gasteiger partial charge in [-0.2, -0.15) is 0 Å². The fourth-order valence-corrected chi connectivity index (χ4v) is 1.79. The minimum Gasteiger partial charge on any atom is -0.351 e. The molecule has 0 aromatic heterocycles. The number of benzene rings is 1. The Labute approximate surface area is 103 Å². The molecule has 1 aromatic rings. The number of nitrogens with zero attached hydrogens (tertiary/aromatic N) is 1. The van der Waals surface area contributed by atoms with Crippen LogP contribution < -0.4 is 11.1 Å². The summed E-state index contributed by atoms with van der Waals surface area (Å²) in [5, 5.41) is 2.94. The van der Waals surface area contributed by atoms with E-state index in [0.717, 1.165) is 13.0 Å². The van der Waals surface area contributed by atoms with Crippen molar-refractivity contribution in [3.63, 3.8) is 0 Å². The number of carbonyl (C=O) groups is 1. The van der Waals surface area contributed by atoms with E-state index >= 15 is 0 Å². The number of hydrogen-bond acceptors (Lipinski definition) is 3. The Balaban J connectivity index is 2.60. The number of amides is 1. The Bertz CT molecular complexity index is 338. The van der Waals surface area contributed by atoms with Crippen molar-refractivity contribution in [1.82, 2.24) is 10.2 Å². The molecule has 0 aliphatic heterocycles. The molecule has 0 aliphatic carbocycles. The zero-order valence-corrected chi connectivity index (χ0v) is 10.5. The minimum atomic E-state index is -0.104. The quantitative estimate of drug-likeness (QED) is 0.742. The fourth-order valence-electron chi connectivity index (χ4n) is 1.79. The minimum absolute atomic E-state index is 0.0404. The molecule has 0 bridgehead atoms. The third-order valence-corrected chi connectivity index (χ3v) is 2.46. The van der Waals surface area contributed by atoms with E-state index in [2.05, 4.69) is 22.3 Å². The van der Waals surface area contributed by atoms with Crippen molar-refractivity contribution in [2.45, 2.75) is 12.5 Å². The maximum atomic E-state index is 11.3. The maximum Gasteiger partial charge on any atom is 0.234 e. The first-order valence-corrected chi connectivity index (χ1v) is 5.80. The van der Waals surface area contributed by atoms with Gasteiger partial charge in [-0.3, -0.25) is 4.79 Å². The smallest absolute Gasteiger partial charge is 0.234 e. The normalized spacial score (nSPS) is 12.5. The van der Waals surface area contributed by atoms with E-state index in [4.69, 9.17) is 5.73 Å². The van der Waals surface area contributed by atoms with Gasteiger partial charge >= 0.3 is 0 Å². The first-order chi connectivity index (χ1) is 8.11. The van der Waals surface area contributed by atoms with Crippen LogP contribution in [-0.4, -0.2) is 44.0 Å². The molecule has 1 amide bonds. The molecule has 0 spiro atoms. The van der Waals surface area contributed by atoms with Crippen LogP contribution in [0.15, 0.2) is 30.3 Å². The summed E-state index contributed by atoms with van der Waals surface area (Å²) in [6.07, 6.45) is 0.824. The molecular formula is C13H21N3O. The first kappa shape index (κ1) is 13.7. The van der Waals surface area contributed by atoms with Gasteiger partial charge in [-0.05, 0) is 26.1 Å². The molecule has 0 fully saturated rings. The molecule has 0 saturated heterocycles. The van der Waals surface area contributed by atoms with Crippen molar-refractivity contribution in [2.24, 2.45) is 5.73 Å². The summed E-state index contributed by atoms with van der Waals surface area (Å²) in [6.45, 7) is 0.847. The van der Waals surface area contributed by atoms with Gasteiger partial charge in [0.1, 0.15) is 0 Å². The van der Waals surface area contributed by atoms with Gasteiger partial charge in [-0.15, -0.1) is 0 Å². The van der Waals surface area contributed by atoms with Crippen molar-refractivity contribution in [2.75, 3.05) is 27.2 Å². The van der Waals surface area contributed by atoms with Crippen molar-refractivity contribution < 1.29 is 4.79 Å². The van der Waals surface area contributed by atoms with Crippen molar-refractivity contribution in [1.29, 1.82) is 0 Å². The van der Waals surface area contributed by atoms with E-state index in [-0.39, 0.29) is 18.5 Å². The molecule has 17 heavy (non-hydrogen) atoms. The molecular weight excluding hydrogens is 214 g/mol. The number of nitrogens with two attached hydrogens (primary N) is 1. The molecule has 3 N–H and O–H groups in total. The van der Waals surface area contributed by atoms with Crippen molar-refractivity contribution in [3.8, 4) is 0 Å². The summed E-state index contributed by atoms with van der Waals surface area (Å²) < 4.78 is 0. The number of likely N-dealkylation sites (N-methyl/N-ethyl adjacent to an activating group) is 1. The summed E-state index contributed by atoms with van der Waals surface area (Å²) >= 11 is 0. The van der Waals surface area contributed by atoms with E-state index in [0.29, 0.717) is 0 Å². The summed E-state index contributed by atoms with van der Waals surface area (Å²) in [5.41, 5.74) is 6.54. The molecule has 4 heteroatoms. The Morgan fingerprint density at radius 1 is 1.35 bits per heavy atom. The van der Waals surface area contributed by atoms with E-state index in [1.807, 2.05) is 32.3 Å². The fraction of sp³-hybridized carbons (Fsp3) is 0.462. The largest absolute Gasteiger partial charge is 0.351 e. The number of carbonyl (C=O) groups excluding carboxylic acids is 1. The zero-order chi connectivity index (χ0) is 12.7. The predicted octanol–water partition coefficient (Wildman–Crippen LogP) is 0.234. The molecule has 1 unspecified atom stereocenters. The molecule has 94 valence electrons. The lowest BCUT2D eigenvalue weighted by atomic mass is 10.1. The van der Waals surface area contributed by atoms with E-state index in [1.165, 1.54) is 5.56 Å². The number of nitrogens with one attached hydrogen (secondary N) is 1. The number of rotatable bonds is 6. The van der Waals surface area contributed by atoms with Crippen LogP contribution >= 0.6 is 0 Å². The van der Waals surface area contributed by atoms with Crippen LogP contribution in [0.25, 0.3) is 0 Å². The molecule has 1 aromatic carbocycles. The highest BCUT2D eigenvalue weighted by Crippen LogP contribution is 2.03. The van der Waals surface area contributed by atoms with Gasteiger partial charge in [0, 0.05) is 12.6 Å². The second-order valence-electron chi connectivity index (χ2n) is 4.42. The monoisotopic (exact) mass is 235 g/mol. The molecule has 0 saturated carbocycles. The molecule has 0 aliphatic rings. The highest BCUT2D eigenvalue weighted by atomic mass is 16.1. The van der Waals surface area contributed by atoms with Gasteiger partial charge in [-0.1, -0.05) is 30.3 Å². The lowest BCUT2D eigenvalue weighted by Gasteiger charge is -2.22. The van der Waals surface area contributed by atoms with E-state index in [1.54, 1.807) is 0 Å². The third-order valence-electron chi connectivity index (χ3n) is 2.46. The lowest BCUT2D eigenvalue weighted by Crippen LogP contribution is -2.45. The Hall–Kier alpha value is -1.39. The third kappa shape index (κ3) is 5.47. The first-order valence-electron chi connectivity index (χ1n) is 5.80. The highest BCUT2D eigenvalue weighted by molar-refractivity contribution is 5.78. The van der Waals surface area contributed by atoms with Crippen LogP contribution in [0.1, 0.15) is 5.56 Å². The SMILES string of the molecule is CN(C)CC(Cc1ccccc1)NC(=O)CN. The predicted molar refractivity (Wildman–Crippen MR) is 69.7 cm³/mol. The van der Waals surface area contributed by atoms with Gasteiger partial charge in [0.2, 0.25) is 5.91 Å². The summed E-state index contributed by atoms with van der Waals surface area (Å²) in [7, 11) is 3.99. The molecule has 4 nitrogen and oxygen atoms in total. The zero-order valence-electron chi connectivity index (χ0n) is 10.5. The average Bonchev–Trinajstić information content (AvgIpc) is 2.29. The van der Waals surface area contributed by atoms with E-state index in [9.17, 15) is 4.79 Å². The maximum absolute atomic E-state index is 11.3. The standard InChI is InChI=1S/C13H21N3O/c1-16(2)10-12(15-13(17)9-14)8-11-6-4-3-5-7-11/h3-7,12H,8-10,14H2,1-2H3,(H,15,17). The van der Waals surface area contributed by atoms with Crippen LogP contribution in [0.2, 0.25) is 0 Å². The van der Waals surface area contributed by atoms with Crippen LogP contribution in [0, 0.1) is 0 Å². The Morgan fingerprint density at radius 3 is 2.53 bits per heavy atom. The van der Waals surface area contributed by atoms with Gasteiger partial charge in [0.05, 0.1) is 6.54 Å². The topological polar surface area (TPSA) is 58.4 Å². The van der Waals surface area contributed by atoms with Crippen LogP contribution in [0.4, 0.5) is 0 Å². The average molecular weight is 235 g/mol. The van der Waals surface area contributed by atoms with Crippen LogP contribution in [0.3, 0.4) is 0 Å². The second-order valence-corrected chi connectivity index (χ2v) is 4.42. The summed E-state index contributed by atoms with van der Waals surface area (Å²) in [5.74, 6) is -0.104. The van der Waals surface area contributed by atoms with Crippen LogP contribution in [-0.2, 0) is 11.2 Å². The summed E-state index contributed by atoms with van der Waals surface area (Å²) in [6, 6.07) is 10.2. The van der Waals surface area contributed by atoms with Gasteiger partial charge in [-0.25, -0.2) is 0 Å². The second kappa shape index (κ2) is 7.04. The summed E-state index contributed by atoms with van der Waals surface area (Å²) in [4.78, 5) is 13.4. The van der Waals surface area contributed by atoms with E-state index < -0.39 is 0 Å². The van der Waals surface area contributed by atoms with Crippen molar-refractivity contribution in [3.05, 3.63) is 35.9 Å². The molecule has 1 rings (SSSR count). The van der Waals surface area contributed by atoms with Gasteiger partial charge in [0.25, 0.3) is 0 Å². The molecule has 0 heterocycles. The highest BCUT2D eigenvalue weighted by Gasteiger charge is 2.12. The lowest BCUT2D eigenvalue weighted by molar-refractivity contribution is -0.120. The number of hydrogen-bond donors (Lipinski definition) is 2. The molecule has 1 atom stereocenters. The van der Waals surface area contributed by atoms with Gasteiger partial charge in [0.15, 0.2) is 0 Å². The van der Waals surface area contributed by atoms with Crippen LogP contribution in [0.5, 0.6) is 0 Å². The van der Waals surface area contributed by atoms with Crippen molar-refractivity contribution >= 4 is 5.91 Å². The molecule has 0 radical (unpaired) electrons.